The molecule has 0 aromatic carbocycles. The Morgan fingerprint density at radius 3 is 2.67 bits per heavy atom. The normalized spacial score (nSPS) is 11.9. The van der Waals surface area contributed by atoms with Crippen LogP contribution < -0.4 is 5.32 Å². The molecule has 0 saturated carbocycles. The molecule has 5 nitrogen and oxygen atoms in total. The maximum Gasteiger partial charge on any atom is 0.328 e. The van der Waals surface area contributed by atoms with Crippen LogP contribution in [0.25, 0.3) is 0 Å². The molecule has 15 heavy (non-hydrogen) atoms. The summed E-state index contributed by atoms with van der Waals surface area (Å²) in [4.78, 5) is 22.5. The van der Waals surface area contributed by atoms with Crippen molar-refractivity contribution in [1.29, 1.82) is 0 Å². The molecule has 1 heterocycles. The Kier molecular flexibility index (Phi) is 3.90. The first kappa shape index (κ1) is 11.8. The van der Waals surface area contributed by atoms with Gasteiger partial charge in [0.2, 0.25) is 0 Å². The van der Waals surface area contributed by atoms with Crippen molar-refractivity contribution >= 4 is 27.8 Å². The van der Waals surface area contributed by atoms with Gasteiger partial charge in [-0.15, -0.1) is 0 Å². The summed E-state index contributed by atoms with van der Waals surface area (Å²) in [6.45, 7) is 1.53. The van der Waals surface area contributed by atoms with Gasteiger partial charge in [-0.2, -0.15) is 0 Å². The number of halogens is 1. The summed E-state index contributed by atoms with van der Waals surface area (Å²) >= 11 is 3.07. The van der Waals surface area contributed by atoms with Crippen molar-refractivity contribution in [1.82, 2.24) is 5.32 Å². The fourth-order valence-electron chi connectivity index (χ4n) is 0.940. The SMILES string of the molecule is COC(=O)[C@H](C)NC(=O)c1ccc(Br)o1. The first-order valence-corrected chi connectivity index (χ1v) is 4.98. The Morgan fingerprint density at radius 1 is 1.53 bits per heavy atom. The number of carbonyl (C=O) groups is 2. The van der Waals surface area contributed by atoms with Crippen LogP contribution in [0.2, 0.25) is 0 Å². The highest BCUT2D eigenvalue weighted by Gasteiger charge is 2.18. The van der Waals surface area contributed by atoms with E-state index in [0.717, 1.165) is 0 Å². The highest BCUT2D eigenvalue weighted by molar-refractivity contribution is 9.10. The Bertz CT molecular complexity index is 374. The Morgan fingerprint density at radius 2 is 2.20 bits per heavy atom. The van der Waals surface area contributed by atoms with Gasteiger partial charge in [0.1, 0.15) is 6.04 Å². The average Bonchev–Trinajstić information content (AvgIpc) is 2.63. The predicted octanol–water partition coefficient (Wildman–Crippen LogP) is 1.33. The zero-order valence-electron chi connectivity index (χ0n) is 8.24. The number of furan rings is 1. The number of carbonyl (C=O) groups excluding carboxylic acids is 2. The first-order chi connectivity index (χ1) is 7.04. The van der Waals surface area contributed by atoms with Gasteiger partial charge >= 0.3 is 5.97 Å². The summed E-state index contributed by atoms with van der Waals surface area (Å²) in [5.41, 5.74) is 0. The van der Waals surface area contributed by atoms with E-state index in [9.17, 15) is 9.59 Å². The van der Waals surface area contributed by atoms with Crippen molar-refractivity contribution in [3.8, 4) is 0 Å². The number of hydrogen-bond donors (Lipinski definition) is 1. The van der Waals surface area contributed by atoms with E-state index in [2.05, 4.69) is 26.0 Å². The third-order valence-electron chi connectivity index (χ3n) is 1.70. The minimum Gasteiger partial charge on any atom is -0.467 e. The van der Waals surface area contributed by atoms with E-state index < -0.39 is 17.9 Å². The van der Waals surface area contributed by atoms with Crippen molar-refractivity contribution in [2.75, 3.05) is 7.11 Å². The molecule has 1 amide bonds. The van der Waals surface area contributed by atoms with Crippen LogP contribution in [-0.4, -0.2) is 25.0 Å². The minimum absolute atomic E-state index is 0.137. The van der Waals surface area contributed by atoms with Gasteiger partial charge in [-0.3, -0.25) is 4.79 Å². The van der Waals surface area contributed by atoms with Gasteiger partial charge in [-0.1, -0.05) is 0 Å². The molecule has 1 N–H and O–H groups in total. The molecule has 1 aromatic rings. The molecule has 1 aromatic heterocycles. The van der Waals surface area contributed by atoms with Crippen molar-refractivity contribution in [2.45, 2.75) is 13.0 Å². The van der Waals surface area contributed by atoms with Crippen LogP contribution in [0.3, 0.4) is 0 Å². The Balaban J connectivity index is 2.60. The lowest BCUT2D eigenvalue weighted by molar-refractivity contribution is -0.142. The van der Waals surface area contributed by atoms with E-state index in [1.807, 2.05) is 0 Å². The van der Waals surface area contributed by atoms with Gasteiger partial charge in [0.25, 0.3) is 5.91 Å². The number of nitrogens with one attached hydrogen (secondary N) is 1. The molecular formula is C9H10BrNO4. The summed E-state index contributed by atoms with van der Waals surface area (Å²) in [7, 11) is 1.26. The van der Waals surface area contributed by atoms with Gasteiger partial charge in [0, 0.05) is 0 Å². The standard InChI is InChI=1S/C9H10BrNO4/c1-5(9(13)14-2)11-8(12)6-3-4-7(10)15-6/h3-5H,1-2H3,(H,11,12)/t5-/m0/s1. The monoisotopic (exact) mass is 275 g/mol. The topological polar surface area (TPSA) is 68.5 Å². The molecule has 0 fully saturated rings. The number of esters is 1. The largest absolute Gasteiger partial charge is 0.467 e. The summed E-state index contributed by atoms with van der Waals surface area (Å²) < 4.78 is 9.93. The number of hydrogen-bond acceptors (Lipinski definition) is 4. The first-order valence-electron chi connectivity index (χ1n) is 4.18. The van der Waals surface area contributed by atoms with Crippen LogP contribution in [0.4, 0.5) is 0 Å². The molecule has 6 heteroatoms. The van der Waals surface area contributed by atoms with Gasteiger partial charge in [0.15, 0.2) is 10.4 Å². The zero-order chi connectivity index (χ0) is 11.4. The van der Waals surface area contributed by atoms with Gasteiger partial charge in [-0.05, 0) is 35.0 Å². The molecule has 0 spiro atoms. The molecule has 0 aliphatic rings. The molecule has 0 aliphatic heterocycles. The van der Waals surface area contributed by atoms with Crippen molar-refractivity contribution in [3.05, 3.63) is 22.6 Å². The molecule has 0 bridgehead atoms. The molecule has 1 atom stereocenters. The second-order valence-electron chi connectivity index (χ2n) is 2.82. The van der Waals surface area contributed by atoms with Gasteiger partial charge in [-0.25, -0.2) is 4.79 Å². The van der Waals surface area contributed by atoms with Crippen LogP contribution in [0.15, 0.2) is 21.2 Å². The molecule has 0 saturated heterocycles. The van der Waals surface area contributed by atoms with Crippen molar-refractivity contribution in [2.24, 2.45) is 0 Å². The van der Waals surface area contributed by atoms with Crippen molar-refractivity contribution < 1.29 is 18.7 Å². The molecule has 0 unspecified atom stereocenters. The smallest absolute Gasteiger partial charge is 0.328 e. The van der Waals surface area contributed by atoms with Crippen LogP contribution in [0.5, 0.6) is 0 Å². The third-order valence-corrected chi connectivity index (χ3v) is 2.13. The number of amides is 1. The fraction of sp³-hybridized carbons (Fsp3) is 0.333. The molecule has 1 rings (SSSR count). The van der Waals surface area contributed by atoms with Crippen LogP contribution in [-0.2, 0) is 9.53 Å². The lowest BCUT2D eigenvalue weighted by Gasteiger charge is -2.09. The summed E-state index contributed by atoms with van der Waals surface area (Å²) in [5.74, 6) is -0.829. The Labute approximate surface area is 94.9 Å². The van der Waals surface area contributed by atoms with E-state index in [0.29, 0.717) is 4.67 Å². The highest BCUT2D eigenvalue weighted by atomic mass is 79.9. The number of methoxy groups -OCH3 is 1. The summed E-state index contributed by atoms with van der Waals surface area (Å²) in [5, 5.41) is 2.43. The second-order valence-corrected chi connectivity index (χ2v) is 3.60. The lowest BCUT2D eigenvalue weighted by Crippen LogP contribution is -2.38. The average molecular weight is 276 g/mol. The number of ether oxygens (including phenoxy) is 1. The quantitative estimate of drug-likeness (QED) is 0.846. The van der Waals surface area contributed by atoms with E-state index >= 15 is 0 Å². The van der Waals surface area contributed by atoms with Gasteiger partial charge in [0.05, 0.1) is 7.11 Å². The highest BCUT2D eigenvalue weighted by Crippen LogP contribution is 2.13. The van der Waals surface area contributed by atoms with Crippen molar-refractivity contribution in [3.63, 3.8) is 0 Å². The second kappa shape index (κ2) is 4.97. The summed E-state index contributed by atoms with van der Waals surface area (Å²) in [6.07, 6.45) is 0. The van der Waals surface area contributed by atoms with E-state index in [-0.39, 0.29) is 5.76 Å². The molecular weight excluding hydrogens is 266 g/mol. The fourth-order valence-corrected chi connectivity index (χ4v) is 1.25. The lowest BCUT2D eigenvalue weighted by atomic mass is 10.3. The van der Waals surface area contributed by atoms with E-state index in [4.69, 9.17) is 4.42 Å². The van der Waals surface area contributed by atoms with Crippen LogP contribution in [0.1, 0.15) is 17.5 Å². The Hall–Kier alpha value is -1.30. The third kappa shape index (κ3) is 3.09. The van der Waals surface area contributed by atoms with E-state index in [1.54, 1.807) is 6.07 Å². The molecule has 0 aliphatic carbocycles. The maximum atomic E-state index is 11.5. The predicted molar refractivity (Wildman–Crippen MR) is 55.4 cm³/mol. The minimum atomic E-state index is -0.702. The molecule has 0 radical (unpaired) electrons. The van der Waals surface area contributed by atoms with E-state index in [1.165, 1.54) is 20.1 Å². The van der Waals surface area contributed by atoms with Crippen LogP contribution in [0, 0.1) is 0 Å². The molecule has 82 valence electrons. The summed E-state index contributed by atoms with van der Waals surface area (Å²) in [6, 6.07) is 2.40. The number of rotatable bonds is 3. The van der Waals surface area contributed by atoms with Gasteiger partial charge < -0.3 is 14.5 Å². The zero-order valence-corrected chi connectivity index (χ0v) is 9.83. The maximum absolute atomic E-state index is 11.5. The van der Waals surface area contributed by atoms with Crippen LogP contribution >= 0.6 is 15.9 Å².